The van der Waals surface area contributed by atoms with Crippen molar-refractivity contribution in [2.24, 2.45) is 5.92 Å². The van der Waals surface area contributed by atoms with Crippen LogP contribution < -0.4 is 9.47 Å². The Morgan fingerprint density at radius 1 is 1.00 bits per heavy atom. The predicted octanol–water partition coefficient (Wildman–Crippen LogP) is 7.07. The summed E-state index contributed by atoms with van der Waals surface area (Å²) in [4.78, 5) is 4.28. The molecule has 0 amide bonds. The molecule has 0 spiro atoms. The van der Waals surface area contributed by atoms with Crippen molar-refractivity contribution in [1.82, 2.24) is 4.98 Å². The van der Waals surface area contributed by atoms with Gasteiger partial charge >= 0.3 is 6.18 Å². The van der Waals surface area contributed by atoms with Crippen molar-refractivity contribution in [1.29, 1.82) is 0 Å². The number of hydrogen-bond donors (Lipinski definition) is 1. The zero-order chi connectivity index (χ0) is 27.0. The van der Waals surface area contributed by atoms with Gasteiger partial charge in [-0.25, -0.2) is 9.37 Å². The predicted molar refractivity (Wildman–Crippen MR) is 133 cm³/mol. The van der Waals surface area contributed by atoms with Gasteiger partial charge in [-0.1, -0.05) is 13.0 Å². The van der Waals surface area contributed by atoms with E-state index in [-0.39, 0.29) is 24.3 Å². The highest BCUT2D eigenvalue weighted by Crippen LogP contribution is 2.40. The lowest BCUT2D eigenvalue weighted by Gasteiger charge is -2.19. The number of fused-ring (bicyclic) bond motifs is 1. The Bertz CT molecular complexity index is 1280. The summed E-state index contributed by atoms with van der Waals surface area (Å²) in [6.45, 7) is 7.16. The van der Waals surface area contributed by atoms with Gasteiger partial charge in [0.1, 0.15) is 18.2 Å². The van der Waals surface area contributed by atoms with Gasteiger partial charge in [0.15, 0.2) is 0 Å². The fraction of sp³-hybridized carbons (Fsp3) is 0.414. The van der Waals surface area contributed by atoms with Crippen LogP contribution >= 0.6 is 0 Å². The summed E-state index contributed by atoms with van der Waals surface area (Å²) in [5.74, 6) is 0.317. The standard InChI is InChI=1S/C29H31F4NO3/c1-17-9-19-13-27(34-15-20(19)10-17)37-16-21-12-24(25(14-26(21)30)29(31,32)33)23-6-5-22(11-18(23)2)36-8-7-28(3,4)35/h5-6,11-15,17,35H,7-10,16H2,1-4H3/t17-/m0/s1. The van der Waals surface area contributed by atoms with E-state index >= 15 is 0 Å². The zero-order valence-corrected chi connectivity index (χ0v) is 21.4. The van der Waals surface area contributed by atoms with Crippen LogP contribution in [0.5, 0.6) is 11.6 Å². The summed E-state index contributed by atoms with van der Waals surface area (Å²) >= 11 is 0. The molecule has 0 bridgehead atoms. The van der Waals surface area contributed by atoms with E-state index in [1.165, 1.54) is 12.1 Å². The molecule has 3 aromatic rings. The molecule has 1 N–H and O–H groups in total. The smallest absolute Gasteiger partial charge is 0.417 e. The van der Waals surface area contributed by atoms with Crippen LogP contribution in [-0.2, 0) is 25.6 Å². The Balaban J connectivity index is 1.60. The second kappa shape index (κ2) is 10.3. The second-order valence-corrected chi connectivity index (χ2v) is 10.5. The van der Waals surface area contributed by atoms with E-state index in [1.807, 2.05) is 6.07 Å². The number of halogens is 4. The molecule has 0 fully saturated rings. The molecule has 0 unspecified atom stereocenters. The third-order valence-corrected chi connectivity index (χ3v) is 6.53. The summed E-state index contributed by atoms with van der Waals surface area (Å²) in [6.07, 6.45) is -0.753. The van der Waals surface area contributed by atoms with Crippen LogP contribution in [-0.4, -0.2) is 22.3 Å². The Morgan fingerprint density at radius 2 is 1.73 bits per heavy atom. The van der Waals surface area contributed by atoms with Gasteiger partial charge in [-0.15, -0.1) is 0 Å². The van der Waals surface area contributed by atoms with Crippen molar-refractivity contribution in [2.75, 3.05) is 6.61 Å². The SMILES string of the molecule is Cc1cc(OCCC(C)(C)O)ccc1-c1cc(COc2cc3c(cn2)C[C@@H](C)C3)c(F)cc1C(F)(F)F. The molecule has 37 heavy (non-hydrogen) atoms. The maximum atomic E-state index is 14.8. The van der Waals surface area contributed by atoms with Crippen LogP contribution in [0.1, 0.15) is 55.0 Å². The minimum absolute atomic E-state index is 0.00331. The van der Waals surface area contributed by atoms with Gasteiger partial charge in [0.05, 0.1) is 17.8 Å². The lowest BCUT2D eigenvalue weighted by Crippen LogP contribution is -2.21. The number of ether oxygens (including phenoxy) is 2. The first kappa shape index (κ1) is 26.9. The molecule has 4 nitrogen and oxygen atoms in total. The molecular formula is C29H31F4NO3. The minimum atomic E-state index is -4.75. The van der Waals surface area contributed by atoms with Crippen molar-refractivity contribution in [2.45, 2.75) is 65.3 Å². The Hall–Kier alpha value is -3.13. The summed E-state index contributed by atoms with van der Waals surface area (Å²) < 4.78 is 67.8. The second-order valence-electron chi connectivity index (χ2n) is 10.5. The summed E-state index contributed by atoms with van der Waals surface area (Å²) in [5, 5.41) is 9.83. The maximum Gasteiger partial charge on any atom is 0.417 e. The van der Waals surface area contributed by atoms with Crippen LogP contribution in [0, 0.1) is 18.7 Å². The molecule has 0 radical (unpaired) electrons. The molecule has 0 saturated heterocycles. The number of aliphatic hydroxyl groups is 1. The summed E-state index contributed by atoms with van der Waals surface area (Å²) in [5.41, 5.74) is 1.06. The highest BCUT2D eigenvalue weighted by Gasteiger charge is 2.35. The van der Waals surface area contributed by atoms with Crippen LogP contribution in [0.15, 0.2) is 42.6 Å². The third kappa shape index (κ3) is 6.60. The molecule has 198 valence electrons. The molecule has 1 atom stereocenters. The van der Waals surface area contributed by atoms with Crippen LogP contribution in [0.4, 0.5) is 17.6 Å². The van der Waals surface area contributed by atoms with Crippen molar-refractivity contribution in [3.8, 4) is 22.8 Å². The first-order chi connectivity index (χ1) is 17.3. The number of hydrogen-bond acceptors (Lipinski definition) is 4. The van der Waals surface area contributed by atoms with Crippen molar-refractivity contribution in [3.63, 3.8) is 0 Å². The quantitative estimate of drug-likeness (QED) is 0.325. The van der Waals surface area contributed by atoms with Gasteiger partial charge in [0.25, 0.3) is 0 Å². The maximum absolute atomic E-state index is 14.8. The van der Waals surface area contributed by atoms with E-state index in [9.17, 15) is 22.7 Å². The van der Waals surface area contributed by atoms with Crippen molar-refractivity contribution >= 4 is 0 Å². The van der Waals surface area contributed by atoms with Gasteiger partial charge in [-0.3, -0.25) is 0 Å². The normalized spacial score (nSPS) is 15.5. The number of nitrogens with zero attached hydrogens (tertiary/aromatic N) is 1. The van der Waals surface area contributed by atoms with Crippen LogP contribution in [0.2, 0.25) is 0 Å². The molecule has 0 saturated carbocycles. The first-order valence-electron chi connectivity index (χ1n) is 12.3. The van der Waals surface area contributed by atoms with Crippen molar-refractivity contribution < 1.29 is 32.1 Å². The Morgan fingerprint density at radius 3 is 2.41 bits per heavy atom. The van der Waals surface area contributed by atoms with E-state index in [2.05, 4.69) is 11.9 Å². The molecule has 1 heterocycles. The highest BCUT2D eigenvalue weighted by molar-refractivity contribution is 5.73. The number of rotatable bonds is 8. The van der Waals surface area contributed by atoms with Gasteiger partial charge in [0.2, 0.25) is 5.88 Å². The van der Waals surface area contributed by atoms with Gasteiger partial charge in [-0.2, -0.15) is 13.2 Å². The number of alkyl halides is 3. The molecular weight excluding hydrogens is 486 g/mol. The Labute approximate surface area is 214 Å². The third-order valence-electron chi connectivity index (χ3n) is 6.53. The summed E-state index contributed by atoms with van der Waals surface area (Å²) in [6, 6.07) is 8.29. The lowest BCUT2D eigenvalue weighted by atomic mass is 9.93. The number of pyridine rings is 1. The fourth-order valence-electron chi connectivity index (χ4n) is 4.56. The lowest BCUT2D eigenvalue weighted by molar-refractivity contribution is -0.137. The Kier molecular flexibility index (Phi) is 7.51. The topological polar surface area (TPSA) is 51.6 Å². The van der Waals surface area contributed by atoms with Crippen molar-refractivity contribution in [3.05, 3.63) is 76.2 Å². The largest absolute Gasteiger partial charge is 0.493 e. The van der Waals surface area contributed by atoms with E-state index < -0.39 is 23.2 Å². The highest BCUT2D eigenvalue weighted by atomic mass is 19.4. The molecule has 0 aliphatic heterocycles. The molecule has 1 aliphatic rings. The molecule has 8 heteroatoms. The van der Waals surface area contributed by atoms with E-state index in [0.29, 0.717) is 41.2 Å². The first-order valence-corrected chi connectivity index (χ1v) is 12.3. The van der Waals surface area contributed by atoms with Gasteiger partial charge in [0, 0.05) is 24.2 Å². The average molecular weight is 518 g/mol. The molecule has 1 aromatic heterocycles. The number of aromatic nitrogens is 1. The zero-order valence-electron chi connectivity index (χ0n) is 21.4. The van der Waals surface area contributed by atoms with Crippen LogP contribution in [0.3, 0.4) is 0 Å². The van der Waals surface area contributed by atoms with E-state index in [0.717, 1.165) is 24.0 Å². The monoisotopic (exact) mass is 517 g/mol. The fourth-order valence-corrected chi connectivity index (χ4v) is 4.56. The van der Waals surface area contributed by atoms with E-state index in [1.54, 1.807) is 39.1 Å². The van der Waals surface area contributed by atoms with Crippen LogP contribution in [0.25, 0.3) is 11.1 Å². The average Bonchev–Trinajstić information content (AvgIpc) is 3.16. The summed E-state index contributed by atoms with van der Waals surface area (Å²) in [7, 11) is 0. The molecule has 1 aliphatic carbocycles. The minimum Gasteiger partial charge on any atom is -0.493 e. The molecule has 2 aromatic carbocycles. The molecule has 4 rings (SSSR count). The number of benzene rings is 2. The van der Waals surface area contributed by atoms with Gasteiger partial charge < -0.3 is 14.6 Å². The van der Waals surface area contributed by atoms with Gasteiger partial charge in [-0.05, 0) is 91.6 Å². The number of aryl methyl sites for hydroxylation is 1. The van der Waals surface area contributed by atoms with E-state index in [4.69, 9.17) is 9.47 Å².